The first kappa shape index (κ1) is 20.9. The van der Waals surface area contributed by atoms with Crippen LogP contribution in [0.3, 0.4) is 0 Å². The third-order valence-electron chi connectivity index (χ3n) is 5.27. The zero-order valence-corrected chi connectivity index (χ0v) is 17.7. The van der Waals surface area contributed by atoms with Crippen LogP contribution in [0, 0.1) is 5.92 Å². The molecule has 150 valence electrons. The quantitative estimate of drug-likeness (QED) is 0.730. The van der Waals surface area contributed by atoms with E-state index in [2.05, 4.69) is 4.90 Å². The van der Waals surface area contributed by atoms with Crippen LogP contribution in [0.15, 0.2) is 18.2 Å². The lowest BCUT2D eigenvalue weighted by atomic mass is 9.98. The highest BCUT2D eigenvalue weighted by Gasteiger charge is 2.35. The minimum absolute atomic E-state index is 0.0811. The molecule has 0 radical (unpaired) electrons. The van der Waals surface area contributed by atoms with Crippen LogP contribution in [0.4, 0.5) is 0 Å². The molecule has 0 unspecified atom stereocenters. The number of halogens is 2. The zero-order chi connectivity index (χ0) is 19.6. The van der Waals surface area contributed by atoms with Crippen molar-refractivity contribution in [3.8, 4) is 0 Å². The first-order chi connectivity index (χ1) is 12.8. The van der Waals surface area contributed by atoms with Gasteiger partial charge in [0, 0.05) is 39.3 Å². The van der Waals surface area contributed by atoms with Gasteiger partial charge in [0.25, 0.3) is 0 Å². The Kier molecular flexibility index (Phi) is 6.69. The van der Waals surface area contributed by atoms with Gasteiger partial charge in [0.15, 0.2) is 0 Å². The van der Waals surface area contributed by atoms with Crippen LogP contribution in [-0.4, -0.2) is 74.7 Å². The average molecular weight is 434 g/mol. The Morgan fingerprint density at radius 2 is 1.81 bits per heavy atom. The van der Waals surface area contributed by atoms with E-state index >= 15 is 0 Å². The normalized spacial score (nSPS) is 22.8. The Balaban J connectivity index is 1.65. The van der Waals surface area contributed by atoms with E-state index in [4.69, 9.17) is 23.2 Å². The Morgan fingerprint density at radius 3 is 2.48 bits per heavy atom. The minimum atomic E-state index is -3.52. The summed E-state index contributed by atoms with van der Waals surface area (Å²) in [6, 6.07) is 4.85. The molecule has 3 rings (SSSR count). The third kappa shape index (κ3) is 5.15. The summed E-state index contributed by atoms with van der Waals surface area (Å²) in [4.78, 5) is 16.9. The number of piperidine rings is 1. The van der Waals surface area contributed by atoms with E-state index in [1.54, 1.807) is 18.2 Å². The van der Waals surface area contributed by atoms with Gasteiger partial charge in [-0.1, -0.05) is 29.3 Å². The van der Waals surface area contributed by atoms with E-state index in [0.717, 1.165) is 19.5 Å². The fourth-order valence-electron chi connectivity index (χ4n) is 3.61. The number of carbonyl (C=O) groups is 1. The maximum Gasteiger partial charge on any atom is 0.227 e. The van der Waals surface area contributed by atoms with Gasteiger partial charge in [0.05, 0.1) is 21.7 Å². The Bertz CT molecular complexity index is 795. The number of rotatable bonds is 4. The highest BCUT2D eigenvalue weighted by Crippen LogP contribution is 2.26. The lowest BCUT2D eigenvalue weighted by Gasteiger charge is -2.37. The molecule has 0 bridgehead atoms. The van der Waals surface area contributed by atoms with Crippen LogP contribution in [0.25, 0.3) is 0 Å². The molecule has 2 aliphatic rings. The van der Waals surface area contributed by atoms with Crippen LogP contribution in [0.5, 0.6) is 0 Å². The van der Waals surface area contributed by atoms with Crippen molar-refractivity contribution < 1.29 is 13.2 Å². The maximum atomic E-state index is 12.9. The molecular formula is C18H25Cl2N3O3S. The van der Waals surface area contributed by atoms with Gasteiger partial charge in [0.2, 0.25) is 15.9 Å². The van der Waals surface area contributed by atoms with Gasteiger partial charge in [-0.3, -0.25) is 4.79 Å². The van der Waals surface area contributed by atoms with Crippen molar-refractivity contribution in [3.63, 3.8) is 0 Å². The average Bonchev–Trinajstić information content (AvgIpc) is 2.65. The molecule has 2 aliphatic heterocycles. The summed E-state index contributed by atoms with van der Waals surface area (Å²) in [7, 11) is -1.48. The molecule has 9 heteroatoms. The molecule has 0 saturated carbocycles. The summed E-state index contributed by atoms with van der Waals surface area (Å²) in [5, 5.41) is 0.736. The molecule has 2 heterocycles. The van der Waals surface area contributed by atoms with Crippen molar-refractivity contribution in [1.29, 1.82) is 0 Å². The molecule has 0 aromatic heterocycles. The number of amides is 1. The standard InChI is InChI=1S/C18H25Cl2N3O3S/c1-21-7-9-22(10-8-21)18(24)15-3-2-6-23(12-15)27(25,26)13-14-4-5-16(19)17(20)11-14/h4-5,11,15H,2-3,6-10,12-13H2,1H3/t15-/m0/s1. The van der Waals surface area contributed by atoms with Crippen molar-refractivity contribution in [3.05, 3.63) is 33.8 Å². The number of hydrogen-bond acceptors (Lipinski definition) is 4. The molecule has 0 aliphatic carbocycles. The van der Waals surface area contributed by atoms with Gasteiger partial charge in [0.1, 0.15) is 0 Å². The molecule has 0 N–H and O–H groups in total. The summed E-state index contributed by atoms with van der Waals surface area (Å²) in [6.07, 6.45) is 1.44. The molecular weight excluding hydrogens is 409 g/mol. The van der Waals surface area contributed by atoms with E-state index in [1.165, 1.54) is 4.31 Å². The molecule has 1 aromatic rings. The smallest absolute Gasteiger partial charge is 0.227 e. The lowest BCUT2D eigenvalue weighted by Crippen LogP contribution is -2.52. The Hall–Kier alpha value is -0.860. The molecule has 1 aromatic carbocycles. The second-order valence-electron chi connectivity index (χ2n) is 7.33. The third-order valence-corrected chi connectivity index (χ3v) is 7.83. The summed E-state index contributed by atoms with van der Waals surface area (Å²) in [6.45, 7) is 3.85. The van der Waals surface area contributed by atoms with Crippen LogP contribution < -0.4 is 0 Å². The lowest BCUT2D eigenvalue weighted by molar-refractivity contribution is -0.138. The van der Waals surface area contributed by atoms with Crippen molar-refractivity contribution in [2.45, 2.75) is 18.6 Å². The predicted octanol–water partition coefficient (Wildman–Crippen LogP) is 2.31. The predicted molar refractivity (Wildman–Crippen MR) is 107 cm³/mol. The zero-order valence-electron chi connectivity index (χ0n) is 15.4. The SMILES string of the molecule is CN1CCN(C(=O)[C@H]2CCCN(S(=O)(=O)Cc3ccc(Cl)c(Cl)c3)C2)CC1. The fourth-order valence-corrected chi connectivity index (χ4v) is 5.53. The van der Waals surface area contributed by atoms with Crippen molar-refractivity contribution in [1.82, 2.24) is 14.1 Å². The van der Waals surface area contributed by atoms with Gasteiger partial charge < -0.3 is 9.80 Å². The number of hydrogen-bond donors (Lipinski definition) is 0. The van der Waals surface area contributed by atoms with Crippen LogP contribution in [0.2, 0.25) is 10.0 Å². The van der Waals surface area contributed by atoms with Gasteiger partial charge >= 0.3 is 0 Å². The summed E-state index contributed by atoms with van der Waals surface area (Å²) in [5.74, 6) is -0.317. The Morgan fingerprint density at radius 1 is 1.11 bits per heavy atom. The number of carbonyl (C=O) groups excluding carboxylic acids is 1. The monoisotopic (exact) mass is 433 g/mol. The second-order valence-corrected chi connectivity index (χ2v) is 10.1. The molecule has 27 heavy (non-hydrogen) atoms. The first-order valence-electron chi connectivity index (χ1n) is 9.15. The van der Waals surface area contributed by atoms with Crippen molar-refractivity contribution in [2.24, 2.45) is 5.92 Å². The molecule has 0 spiro atoms. The highest BCUT2D eigenvalue weighted by molar-refractivity contribution is 7.88. The van der Waals surface area contributed by atoms with Gasteiger partial charge in [-0.25, -0.2) is 12.7 Å². The minimum Gasteiger partial charge on any atom is -0.340 e. The van der Waals surface area contributed by atoms with E-state index in [-0.39, 0.29) is 24.1 Å². The topological polar surface area (TPSA) is 60.9 Å². The van der Waals surface area contributed by atoms with Crippen LogP contribution in [-0.2, 0) is 20.6 Å². The van der Waals surface area contributed by atoms with Gasteiger partial charge in [-0.05, 0) is 37.6 Å². The first-order valence-corrected chi connectivity index (χ1v) is 11.5. The van der Waals surface area contributed by atoms with E-state index in [9.17, 15) is 13.2 Å². The van der Waals surface area contributed by atoms with Crippen molar-refractivity contribution >= 4 is 39.1 Å². The molecule has 6 nitrogen and oxygen atoms in total. The second kappa shape index (κ2) is 8.66. The largest absolute Gasteiger partial charge is 0.340 e. The molecule has 2 fully saturated rings. The number of piperazine rings is 1. The Labute approximate surface area is 171 Å². The van der Waals surface area contributed by atoms with Gasteiger partial charge in [-0.15, -0.1) is 0 Å². The molecule has 2 saturated heterocycles. The number of benzene rings is 1. The van der Waals surface area contributed by atoms with E-state index < -0.39 is 10.0 Å². The molecule has 1 atom stereocenters. The summed E-state index contributed by atoms with van der Waals surface area (Å²) >= 11 is 11.9. The number of nitrogens with zero attached hydrogens (tertiary/aromatic N) is 3. The van der Waals surface area contributed by atoms with E-state index in [0.29, 0.717) is 41.7 Å². The molecule has 1 amide bonds. The van der Waals surface area contributed by atoms with Crippen LogP contribution >= 0.6 is 23.2 Å². The fraction of sp³-hybridized carbons (Fsp3) is 0.611. The highest BCUT2D eigenvalue weighted by atomic mass is 35.5. The van der Waals surface area contributed by atoms with E-state index in [1.807, 2.05) is 11.9 Å². The number of sulfonamides is 1. The van der Waals surface area contributed by atoms with Gasteiger partial charge in [-0.2, -0.15) is 0 Å². The maximum absolute atomic E-state index is 12.9. The summed E-state index contributed by atoms with van der Waals surface area (Å²) in [5.41, 5.74) is 0.594. The number of likely N-dealkylation sites (N-methyl/N-ethyl adjacent to an activating group) is 1. The summed E-state index contributed by atoms with van der Waals surface area (Å²) < 4.78 is 27.2. The van der Waals surface area contributed by atoms with Crippen LogP contribution in [0.1, 0.15) is 18.4 Å². The van der Waals surface area contributed by atoms with Crippen molar-refractivity contribution in [2.75, 3.05) is 46.3 Å².